The summed E-state index contributed by atoms with van der Waals surface area (Å²) in [6.07, 6.45) is 14.4. The van der Waals surface area contributed by atoms with E-state index in [9.17, 15) is 5.11 Å². The Hall–Kier alpha value is -1.06. The van der Waals surface area contributed by atoms with Crippen LogP contribution in [0.2, 0.25) is 0 Å². The van der Waals surface area contributed by atoms with Gasteiger partial charge in [-0.3, -0.25) is 0 Å². The maximum absolute atomic E-state index is 10.7. The van der Waals surface area contributed by atoms with Gasteiger partial charge in [-0.1, -0.05) is 78.4 Å². The van der Waals surface area contributed by atoms with Gasteiger partial charge in [-0.25, -0.2) is 0 Å². The van der Waals surface area contributed by atoms with Crippen LogP contribution in [0.25, 0.3) is 0 Å². The summed E-state index contributed by atoms with van der Waals surface area (Å²) in [4.78, 5) is 0. The van der Waals surface area contributed by atoms with Crippen molar-refractivity contribution in [2.75, 3.05) is 0 Å². The monoisotopic (exact) mass is 430 g/mol. The summed E-state index contributed by atoms with van der Waals surface area (Å²) < 4.78 is 13.4. The van der Waals surface area contributed by atoms with E-state index in [1.54, 1.807) is 6.07 Å². The zero-order valence-electron chi connectivity index (χ0n) is 20.5. The predicted octanol–water partition coefficient (Wildman–Crippen LogP) is 7.92. The average molecular weight is 431 g/mol. The first kappa shape index (κ1) is 24.6. The molecule has 31 heavy (non-hydrogen) atoms. The molecule has 176 valence electrons. The first-order chi connectivity index (χ1) is 15.0. The van der Waals surface area contributed by atoms with E-state index in [0.29, 0.717) is 30.8 Å². The first-order valence-corrected chi connectivity index (χ1v) is 13.1. The summed E-state index contributed by atoms with van der Waals surface area (Å²) in [5.74, 6) is 1.60. The molecule has 0 bridgehead atoms. The number of hydrogen-bond donors (Lipinski definition) is 1. The lowest BCUT2D eigenvalue weighted by Gasteiger charge is -2.44. The van der Waals surface area contributed by atoms with Crippen molar-refractivity contribution in [2.24, 2.45) is 11.8 Å². The minimum atomic E-state index is -0.0469. The van der Waals surface area contributed by atoms with Crippen molar-refractivity contribution in [2.45, 2.75) is 129 Å². The molecule has 1 aromatic rings. The number of hydrogen-bond acceptors (Lipinski definition) is 3. The van der Waals surface area contributed by atoms with Gasteiger partial charge in [0.15, 0.2) is 0 Å². The number of rotatable bonds is 10. The van der Waals surface area contributed by atoms with Crippen molar-refractivity contribution in [1.29, 1.82) is 0 Å². The van der Waals surface area contributed by atoms with Gasteiger partial charge in [-0.2, -0.15) is 0 Å². The maximum Gasteiger partial charge on any atom is 0.121 e. The van der Waals surface area contributed by atoms with Crippen LogP contribution in [0.4, 0.5) is 0 Å². The predicted molar refractivity (Wildman–Crippen MR) is 128 cm³/mol. The van der Waals surface area contributed by atoms with Gasteiger partial charge < -0.3 is 14.6 Å². The second-order valence-electron chi connectivity index (χ2n) is 10.0. The number of aromatic hydroxyl groups is 1. The van der Waals surface area contributed by atoms with E-state index in [-0.39, 0.29) is 11.2 Å². The topological polar surface area (TPSA) is 38.7 Å². The van der Waals surface area contributed by atoms with Crippen LogP contribution in [0.5, 0.6) is 5.75 Å². The van der Waals surface area contributed by atoms with Gasteiger partial charge in [0.25, 0.3) is 0 Å². The highest BCUT2D eigenvalue weighted by Crippen LogP contribution is 2.44. The number of benzene rings is 1. The Balaban J connectivity index is 1.76. The van der Waals surface area contributed by atoms with Crippen molar-refractivity contribution >= 4 is 0 Å². The molecule has 3 nitrogen and oxygen atoms in total. The van der Waals surface area contributed by atoms with Gasteiger partial charge in [0.05, 0.1) is 24.4 Å². The molecule has 3 rings (SSSR count). The third kappa shape index (κ3) is 5.30. The Kier molecular flexibility index (Phi) is 8.87. The van der Waals surface area contributed by atoms with E-state index in [1.807, 2.05) is 6.07 Å². The van der Waals surface area contributed by atoms with Crippen LogP contribution < -0.4 is 0 Å². The molecule has 2 aliphatic rings. The number of ether oxygens (including phenoxy) is 2. The normalized spacial score (nSPS) is 31.6. The van der Waals surface area contributed by atoms with E-state index in [4.69, 9.17) is 9.47 Å². The Morgan fingerprint density at radius 2 is 1.35 bits per heavy atom. The minimum absolute atomic E-state index is 0.0160. The van der Waals surface area contributed by atoms with Crippen LogP contribution in [0.15, 0.2) is 18.2 Å². The zero-order valence-corrected chi connectivity index (χ0v) is 20.5. The van der Waals surface area contributed by atoms with Gasteiger partial charge in [0.1, 0.15) is 5.75 Å². The molecule has 0 heterocycles. The summed E-state index contributed by atoms with van der Waals surface area (Å²) in [6, 6.07) is 5.85. The van der Waals surface area contributed by atoms with E-state index in [2.05, 4.69) is 33.8 Å². The molecule has 4 atom stereocenters. The highest BCUT2D eigenvalue weighted by Gasteiger charge is 2.40. The van der Waals surface area contributed by atoms with Crippen molar-refractivity contribution in [3.8, 4) is 5.75 Å². The standard InChI is InChI=1S/C28H46O3/c1-5-23-15-9-11-18-27(23,7-3)30-20-22-14-13-17-26(29)25(22)21-31-28(8-4)19-12-10-16-24(28)6-2/h13-14,17,23-24,29H,5-12,15-16,18-21H2,1-4H3. The molecule has 2 fully saturated rings. The Morgan fingerprint density at radius 1 is 0.806 bits per heavy atom. The molecule has 0 saturated heterocycles. The zero-order chi connectivity index (χ0) is 22.3. The third-order valence-electron chi connectivity index (χ3n) is 8.74. The van der Waals surface area contributed by atoms with Gasteiger partial charge in [0, 0.05) is 5.56 Å². The smallest absolute Gasteiger partial charge is 0.121 e. The van der Waals surface area contributed by atoms with E-state index >= 15 is 0 Å². The summed E-state index contributed by atoms with van der Waals surface area (Å²) in [5.41, 5.74) is 1.95. The average Bonchev–Trinajstić information content (AvgIpc) is 2.82. The van der Waals surface area contributed by atoms with Crippen molar-refractivity contribution in [3.63, 3.8) is 0 Å². The second-order valence-corrected chi connectivity index (χ2v) is 10.0. The molecular weight excluding hydrogens is 384 g/mol. The van der Waals surface area contributed by atoms with Crippen LogP contribution in [-0.4, -0.2) is 16.3 Å². The van der Waals surface area contributed by atoms with Crippen LogP contribution in [0, 0.1) is 11.8 Å². The summed E-state index contributed by atoms with van der Waals surface area (Å²) >= 11 is 0. The van der Waals surface area contributed by atoms with Crippen LogP contribution in [-0.2, 0) is 22.7 Å². The lowest BCUT2D eigenvalue weighted by molar-refractivity contribution is -0.127. The van der Waals surface area contributed by atoms with E-state index in [0.717, 1.165) is 36.8 Å². The summed E-state index contributed by atoms with van der Waals surface area (Å²) in [6.45, 7) is 10.2. The van der Waals surface area contributed by atoms with Crippen LogP contribution in [0.3, 0.4) is 0 Å². The Morgan fingerprint density at radius 3 is 1.87 bits per heavy atom. The lowest BCUT2D eigenvalue weighted by atomic mass is 9.72. The Labute approximate surface area is 190 Å². The molecule has 4 unspecified atom stereocenters. The quantitative estimate of drug-likeness (QED) is 0.409. The fourth-order valence-electron chi connectivity index (χ4n) is 6.59. The van der Waals surface area contributed by atoms with Crippen LogP contribution >= 0.6 is 0 Å². The molecule has 0 amide bonds. The third-order valence-corrected chi connectivity index (χ3v) is 8.74. The highest BCUT2D eigenvalue weighted by atomic mass is 16.5. The fraction of sp³-hybridized carbons (Fsp3) is 0.786. The molecule has 0 aliphatic heterocycles. The van der Waals surface area contributed by atoms with Gasteiger partial charge in [0.2, 0.25) is 0 Å². The van der Waals surface area contributed by atoms with Gasteiger partial charge in [-0.15, -0.1) is 0 Å². The van der Waals surface area contributed by atoms with Crippen LogP contribution in [0.1, 0.15) is 116 Å². The maximum atomic E-state index is 10.7. The molecular formula is C28H46O3. The van der Waals surface area contributed by atoms with Crippen molar-refractivity contribution in [1.82, 2.24) is 0 Å². The van der Waals surface area contributed by atoms with Crippen molar-refractivity contribution < 1.29 is 14.6 Å². The molecule has 1 aromatic carbocycles. The van der Waals surface area contributed by atoms with E-state index in [1.165, 1.54) is 51.4 Å². The molecule has 0 spiro atoms. The largest absolute Gasteiger partial charge is 0.508 e. The molecule has 0 aromatic heterocycles. The molecule has 0 radical (unpaired) electrons. The van der Waals surface area contributed by atoms with E-state index < -0.39 is 0 Å². The fourth-order valence-corrected chi connectivity index (χ4v) is 6.59. The molecule has 3 heteroatoms. The lowest BCUT2D eigenvalue weighted by Crippen LogP contribution is -2.43. The van der Waals surface area contributed by atoms with Gasteiger partial charge in [-0.05, 0) is 62.0 Å². The Bertz CT molecular complexity index is 687. The highest BCUT2D eigenvalue weighted by molar-refractivity contribution is 5.38. The molecule has 2 saturated carbocycles. The summed E-state index contributed by atoms with van der Waals surface area (Å²) in [7, 11) is 0. The van der Waals surface area contributed by atoms with Crippen molar-refractivity contribution in [3.05, 3.63) is 29.3 Å². The molecule has 1 N–H and O–H groups in total. The van der Waals surface area contributed by atoms with Gasteiger partial charge >= 0.3 is 0 Å². The minimum Gasteiger partial charge on any atom is -0.508 e. The second kappa shape index (κ2) is 11.2. The first-order valence-electron chi connectivity index (χ1n) is 13.1. The molecule has 2 aliphatic carbocycles. The SMILES string of the molecule is CCC1CCCCC1(CC)OCc1cccc(O)c1COC1(CC)CCCCC1CC. The number of phenols is 1. The number of phenolic OH excluding ortho intramolecular Hbond substituents is 1. The summed E-state index contributed by atoms with van der Waals surface area (Å²) in [5, 5.41) is 10.7.